The van der Waals surface area contributed by atoms with E-state index in [1.54, 1.807) is 19.1 Å². The van der Waals surface area contributed by atoms with E-state index in [2.05, 4.69) is 9.71 Å². The number of carbonyl (C=O) groups is 1. The lowest BCUT2D eigenvalue weighted by molar-refractivity contribution is 0.0997. The average Bonchev–Trinajstić information content (AvgIpc) is 2.46. The zero-order chi connectivity index (χ0) is 16.3. The van der Waals surface area contributed by atoms with Gasteiger partial charge in [-0.1, -0.05) is 6.07 Å². The molecule has 8 heteroatoms. The number of hydrogen-bond acceptors (Lipinski definition) is 5. The summed E-state index contributed by atoms with van der Waals surface area (Å²) in [6, 6.07) is 8.82. The molecule has 3 N–H and O–H groups in total. The van der Waals surface area contributed by atoms with Gasteiger partial charge < -0.3 is 10.5 Å². The van der Waals surface area contributed by atoms with E-state index in [9.17, 15) is 13.2 Å². The number of hydrogen-bond donors (Lipinski definition) is 2. The van der Waals surface area contributed by atoms with Crippen molar-refractivity contribution in [2.75, 3.05) is 11.8 Å². The summed E-state index contributed by atoms with van der Waals surface area (Å²) < 4.78 is 32.0. The molecule has 0 fully saturated rings. The highest BCUT2D eigenvalue weighted by molar-refractivity contribution is 7.92. The number of primary amides is 1. The normalized spacial score (nSPS) is 11.0. The van der Waals surface area contributed by atoms with Crippen LogP contribution < -0.4 is 15.2 Å². The highest BCUT2D eigenvalue weighted by Crippen LogP contribution is 2.23. The number of ether oxygens (including phenoxy) is 1. The Labute approximate surface area is 128 Å². The molecule has 0 aliphatic rings. The molecule has 1 aromatic heterocycles. The van der Waals surface area contributed by atoms with Gasteiger partial charge in [0.05, 0.1) is 17.6 Å². The van der Waals surface area contributed by atoms with Crippen molar-refractivity contribution in [3.63, 3.8) is 0 Å². The van der Waals surface area contributed by atoms with Crippen molar-refractivity contribution in [2.45, 2.75) is 11.8 Å². The van der Waals surface area contributed by atoms with Crippen LogP contribution in [0.25, 0.3) is 0 Å². The van der Waals surface area contributed by atoms with Crippen LogP contribution in [-0.4, -0.2) is 26.4 Å². The molecular formula is C14H15N3O4S. The van der Waals surface area contributed by atoms with Crippen molar-refractivity contribution >= 4 is 21.7 Å². The summed E-state index contributed by atoms with van der Waals surface area (Å²) in [6.45, 7) is 1.75. The van der Waals surface area contributed by atoms with Crippen molar-refractivity contribution in [1.29, 1.82) is 0 Å². The van der Waals surface area contributed by atoms with Gasteiger partial charge in [0.15, 0.2) is 0 Å². The molecule has 2 rings (SSSR count). The van der Waals surface area contributed by atoms with E-state index in [0.717, 1.165) is 0 Å². The molecule has 0 aliphatic heterocycles. The minimum Gasteiger partial charge on any atom is -0.496 e. The summed E-state index contributed by atoms with van der Waals surface area (Å²) in [4.78, 5) is 15.3. The molecule has 116 valence electrons. The predicted molar refractivity (Wildman–Crippen MR) is 81.3 cm³/mol. The van der Waals surface area contributed by atoms with E-state index in [1.165, 1.54) is 31.4 Å². The second-order valence-corrected chi connectivity index (χ2v) is 6.18. The van der Waals surface area contributed by atoms with Crippen molar-refractivity contribution < 1.29 is 17.9 Å². The van der Waals surface area contributed by atoms with E-state index >= 15 is 0 Å². The Bertz CT molecular complexity index is 819. The van der Waals surface area contributed by atoms with Gasteiger partial charge in [0.25, 0.3) is 15.9 Å². The first-order chi connectivity index (χ1) is 10.3. The first-order valence-electron chi connectivity index (χ1n) is 6.28. The quantitative estimate of drug-likeness (QED) is 0.862. The van der Waals surface area contributed by atoms with Crippen LogP contribution in [0.1, 0.15) is 16.1 Å². The van der Waals surface area contributed by atoms with E-state index in [4.69, 9.17) is 10.5 Å². The summed E-state index contributed by atoms with van der Waals surface area (Å²) in [5.74, 6) is -0.376. The Balaban J connectivity index is 2.41. The third-order valence-electron chi connectivity index (χ3n) is 2.87. The fourth-order valence-corrected chi connectivity index (χ4v) is 2.87. The Morgan fingerprint density at radius 3 is 2.59 bits per heavy atom. The zero-order valence-electron chi connectivity index (χ0n) is 12.0. The van der Waals surface area contributed by atoms with Gasteiger partial charge in [0.1, 0.15) is 11.6 Å². The summed E-state index contributed by atoms with van der Waals surface area (Å²) in [5.41, 5.74) is 5.89. The molecule has 1 heterocycles. The second kappa shape index (κ2) is 6.02. The fourth-order valence-electron chi connectivity index (χ4n) is 1.84. The Kier molecular flexibility index (Phi) is 4.32. The SMILES string of the molecule is COc1ccc(S(=O)(=O)Nc2cccc(C)n2)cc1C(N)=O. The summed E-state index contributed by atoms with van der Waals surface area (Å²) >= 11 is 0. The molecule has 0 bridgehead atoms. The molecule has 0 unspecified atom stereocenters. The Hall–Kier alpha value is -2.61. The molecule has 0 aliphatic carbocycles. The molecule has 0 spiro atoms. The van der Waals surface area contributed by atoms with Crippen LogP contribution in [0.5, 0.6) is 5.75 Å². The minimum atomic E-state index is -3.89. The molecule has 2 aromatic rings. The summed E-state index contributed by atoms with van der Waals surface area (Å²) in [5, 5.41) is 0. The van der Waals surface area contributed by atoms with E-state index in [0.29, 0.717) is 5.69 Å². The number of rotatable bonds is 5. The number of carbonyl (C=O) groups excluding carboxylic acids is 1. The van der Waals surface area contributed by atoms with Gasteiger partial charge in [-0.2, -0.15) is 0 Å². The second-order valence-electron chi connectivity index (χ2n) is 4.50. The standard InChI is InChI=1S/C14H15N3O4S/c1-9-4-3-5-13(16-9)17-22(19,20)10-6-7-12(21-2)11(8-10)14(15)18/h3-8H,1-2H3,(H2,15,18)(H,16,17). The smallest absolute Gasteiger partial charge is 0.263 e. The molecular weight excluding hydrogens is 306 g/mol. The number of methoxy groups -OCH3 is 1. The molecule has 0 atom stereocenters. The molecule has 0 radical (unpaired) electrons. The van der Waals surface area contributed by atoms with Crippen molar-refractivity contribution in [1.82, 2.24) is 4.98 Å². The van der Waals surface area contributed by atoms with E-state index in [-0.39, 0.29) is 22.0 Å². The van der Waals surface area contributed by atoms with Crippen LogP contribution in [-0.2, 0) is 10.0 Å². The Morgan fingerprint density at radius 2 is 2.00 bits per heavy atom. The predicted octanol–water partition coefficient (Wildman–Crippen LogP) is 1.30. The first-order valence-corrected chi connectivity index (χ1v) is 7.76. The molecule has 0 saturated heterocycles. The summed E-state index contributed by atoms with van der Waals surface area (Å²) in [6.07, 6.45) is 0. The number of aryl methyl sites for hydroxylation is 1. The highest BCUT2D eigenvalue weighted by Gasteiger charge is 2.19. The maximum absolute atomic E-state index is 12.3. The molecule has 1 aromatic carbocycles. The largest absolute Gasteiger partial charge is 0.496 e. The number of anilines is 1. The van der Waals surface area contributed by atoms with Crippen molar-refractivity contribution in [2.24, 2.45) is 5.73 Å². The van der Waals surface area contributed by atoms with Crippen LogP contribution in [0, 0.1) is 6.92 Å². The molecule has 22 heavy (non-hydrogen) atoms. The number of nitrogens with two attached hydrogens (primary N) is 1. The van der Waals surface area contributed by atoms with Gasteiger partial charge in [0, 0.05) is 5.69 Å². The highest BCUT2D eigenvalue weighted by atomic mass is 32.2. The number of sulfonamides is 1. The third-order valence-corrected chi connectivity index (χ3v) is 4.23. The molecule has 0 saturated carbocycles. The van der Waals surface area contributed by atoms with Gasteiger partial charge in [0.2, 0.25) is 0 Å². The summed E-state index contributed by atoms with van der Waals surface area (Å²) in [7, 11) is -2.52. The zero-order valence-corrected chi connectivity index (χ0v) is 12.8. The molecule has 7 nitrogen and oxygen atoms in total. The van der Waals surface area contributed by atoms with Crippen LogP contribution in [0.4, 0.5) is 5.82 Å². The number of amides is 1. The lowest BCUT2D eigenvalue weighted by Gasteiger charge is -2.10. The van der Waals surface area contributed by atoms with Crippen LogP contribution in [0.2, 0.25) is 0 Å². The monoisotopic (exact) mass is 321 g/mol. The third kappa shape index (κ3) is 3.34. The topological polar surface area (TPSA) is 111 Å². The Morgan fingerprint density at radius 1 is 1.27 bits per heavy atom. The maximum atomic E-state index is 12.3. The number of nitrogens with zero attached hydrogens (tertiary/aromatic N) is 1. The van der Waals surface area contributed by atoms with Gasteiger partial charge >= 0.3 is 0 Å². The van der Waals surface area contributed by atoms with Gasteiger partial charge in [-0.3, -0.25) is 9.52 Å². The van der Waals surface area contributed by atoms with Crippen molar-refractivity contribution in [3.05, 3.63) is 47.7 Å². The average molecular weight is 321 g/mol. The van der Waals surface area contributed by atoms with Gasteiger partial charge in [-0.15, -0.1) is 0 Å². The van der Waals surface area contributed by atoms with Gasteiger partial charge in [-0.05, 0) is 37.3 Å². The first kappa shape index (κ1) is 15.8. The van der Waals surface area contributed by atoms with Crippen LogP contribution >= 0.6 is 0 Å². The lowest BCUT2D eigenvalue weighted by Crippen LogP contribution is -2.17. The maximum Gasteiger partial charge on any atom is 0.263 e. The number of pyridine rings is 1. The van der Waals surface area contributed by atoms with Crippen LogP contribution in [0.3, 0.4) is 0 Å². The lowest BCUT2D eigenvalue weighted by atomic mass is 10.2. The number of nitrogens with one attached hydrogen (secondary N) is 1. The van der Waals surface area contributed by atoms with Crippen molar-refractivity contribution in [3.8, 4) is 5.75 Å². The molecule has 1 amide bonds. The minimum absolute atomic E-state index is 0.0115. The number of benzene rings is 1. The van der Waals surface area contributed by atoms with E-state index in [1.807, 2.05) is 0 Å². The fraction of sp³-hybridized carbons (Fsp3) is 0.143. The van der Waals surface area contributed by atoms with E-state index < -0.39 is 15.9 Å². The number of aromatic nitrogens is 1. The van der Waals surface area contributed by atoms with Crippen LogP contribution in [0.15, 0.2) is 41.3 Å². The van der Waals surface area contributed by atoms with Gasteiger partial charge in [-0.25, -0.2) is 13.4 Å².